The Morgan fingerprint density at radius 1 is 1.17 bits per heavy atom. The standard InChI is InChI=1S/C15H20N2O/c1-17-11-3-4-14(17)12-16-10-9-13-5-7-15(18-2)8-6-13/h3-8,11,16H,9-10,12H2,1-2H3/p+1. The Morgan fingerprint density at radius 3 is 2.56 bits per heavy atom. The van der Waals surface area contributed by atoms with Crippen molar-refractivity contribution in [2.24, 2.45) is 7.05 Å². The fourth-order valence-electron chi connectivity index (χ4n) is 2.02. The number of nitrogens with zero attached hydrogens (tertiary/aromatic N) is 1. The van der Waals surface area contributed by atoms with Crippen LogP contribution >= 0.6 is 0 Å². The fraction of sp³-hybridized carbons (Fsp3) is 0.333. The Balaban J connectivity index is 1.73. The van der Waals surface area contributed by atoms with Crippen LogP contribution in [-0.2, 0) is 20.0 Å². The van der Waals surface area contributed by atoms with Gasteiger partial charge in [0.25, 0.3) is 0 Å². The number of aryl methyl sites for hydroxylation is 1. The molecule has 2 aromatic rings. The van der Waals surface area contributed by atoms with Crippen LogP contribution in [0.25, 0.3) is 0 Å². The Bertz CT molecular complexity index is 473. The first-order chi connectivity index (χ1) is 8.79. The van der Waals surface area contributed by atoms with Crippen molar-refractivity contribution in [3.63, 3.8) is 0 Å². The first-order valence-corrected chi connectivity index (χ1v) is 6.34. The molecule has 0 amide bonds. The Hall–Kier alpha value is -1.74. The summed E-state index contributed by atoms with van der Waals surface area (Å²) in [4.78, 5) is 0. The SMILES string of the molecule is COc1ccc(CC[NH2+]Cc2cccn2C)cc1. The molecular formula is C15H21N2O+. The molecule has 0 aliphatic rings. The Kier molecular flexibility index (Phi) is 4.42. The molecule has 1 heterocycles. The zero-order valence-corrected chi connectivity index (χ0v) is 11.1. The molecule has 0 atom stereocenters. The van der Waals surface area contributed by atoms with Gasteiger partial charge in [-0.1, -0.05) is 12.1 Å². The molecule has 1 aromatic carbocycles. The smallest absolute Gasteiger partial charge is 0.118 e. The van der Waals surface area contributed by atoms with Gasteiger partial charge in [-0.05, 0) is 29.8 Å². The zero-order valence-electron chi connectivity index (χ0n) is 11.1. The molecule has 3 nitrogen and oxygen atoms in total. The number of nitrogens with two attached hydrogens (primary N) is 1. The first-order valence-electron chi connectivity index (χ1n) is 6.34. The van der Waals surface area contributed by atoms with Crippen molar-refractivity contribution in [3.05, 3.63) is 53.9 Å². The summed E-state index contributed by atoms with van der Waals surface area (Å²) in [5, 5.41) is 2.35. The molecule has 3 heteroatoms. The maximum absolute atomic E-state index is 5.15. The van der Waals surface area contributed by atoms with E-state index in [0.717, 1.165) is 25.3 Å². The molecule has 1 aromatic heterocycles. The van der Waals surface area contributed by atoms with Crippen LogP contribution in [0, 0.1) is 0 Å². The van der Waals surface area contributed by atoms with E-state index in [4.69, 9.17) is 4.74 Å². The molecule has 0 saturated heterocycles. The summed E-state index contributed by atoms with van der Waals surface area (Å²) in [6.45, 7) is 2.15. The van der Waals surface area contributed by atoms with Gasteiger partial charge < -0.3 is 14.6 Å². The van der Waals surface area contributed by atoms with Gasteiger partial charge in [-0.2, -0.15) is 0 Å². The number of aromatic nitrogens is 1. The summed E-state index contributed by atoms with van der Waals surface area (Å²) in [5.41, 5.74) is 2.73. The van der Waals surface area contributed by atoms with Gasteiger partial charge in [0.15, 0.2) is 0 Å². The molecule has 0 radical (unpaired) electrons. The lowest BCUT2D eigenvalue weighted by Gasteiger charge is -2.04. The lowest BCUT2D eigenvalue weighted by Crippen LogP contribution is -2.83. The summed E-state index contributed by atoms with van der Waals surface area (Å²) < 4.78 is 7.32. The first kappa shape index (κ1) is 12.7. The highest BCUT2D eigenvalue weighted by Gasteiger charge is 2.00. The van der Waals surface area contributed by atoms with Crippen molar-refractivity contribution in [3.8, 4) is 5.75 Å². The van der Waals surface area contributed by atoms with E-state index in [1.165, 1.54) is 11.3 Å². The van der Waals surface area contributed by atoms with Gasteiger partial charge in [-0.15, -0.1) is 0 Å². The predicted octanol–water partition coefficient (Wildman–Crippen LogP) is 1.34. The highest BCUT2D eigenvalue weighted by atomic mass is 16.5. The van der Waals surface area contributed by atoms with E-state index in [9.17, 15) is 0 Å². The van der Waals surface area contributed by atoms with Crippen molar-refractivity contribution in [1.82, 2.24) is 4.57 Å². The van der Waals surface area contributed by atoms with E-state index in [1.54, 1.807) is 7.11 Å². The summed E-state index contributed by atoms with van der Waals surface area (Å²) in [6, 6.07) is 12.6. The van der Waals surface area contributed by atoms with E-state index in [2.05, 4.69) is 47.4 Å². The zero-order chi connectivity index (χ0) is 12.8. The maximum Gasteiger partial charge on any atom is 0.118 e. The molecule has 0 aliphatic carbocycles. The van der Waals surface area contributed by atoms with Crippen molar-refractivity contribution in [1.29, 1.82) is 0 Å². The monoisotopic (exact) mass is 245 g/mol. The van der Waals surface area contributed by atoms with E-state index in [1.807, 2.05) is 12.1 Å². The average Bonchev–Trinajstić information content (AvgIpc) is 2.81. The molecule has 0 fully saturated rings. The van der Waals surface area contributed by atoms with Gasteiger partial charge in [0.2, 0.25) is 0 Å². The highest BCUT2D eigenvalue weighted by Crippen LogP contribution is 2.10. The molecule has 0 unspecified atom stereocenters. The minimum Gasteiger partial charge on any atom is -0.497 e. The van der Waals surface area contributed by atoms with Crippen LogP contribution in [0.15, 0.2) is 42.6 Å². The molecule has 18 heavy (non-hydrogen) atoms. The van der Waals surface area contributed by atoms with E-state index < -0.39 is 0 Å². The van der Waals surface area contributed by atoms with Crippen molar-refractivity contribution < 1.29 is 10.1 Å². The summed E-state index contributed by atoms with van der Waals surface area (Å²) >= 11 is 0. The molecule has 96 valence electrons. The Labute approximate surface area is 108 Å². The fourth-order valence-corrected chi connectivity index (χ4v) is 2.02. The quantitative estimate of drug-likeness (QED) is 0.765. The van der Waals surface area contributed by atoms with Crippen molar-refractivity contribution in [2.75, 3.05) is 13.7 Å². The topological polar surface area (TPSA) is 30.8 Å². The number of ether oxygens (including phenoxy) is 1. The largest absolute Gasteiger partial charge is 0.497 e. The second-order valence-electron chi connectivity index (χ2n) is 4.49. The number of quaternary nitrogens is 1. The second-order valence-corrected chi connectivity index (χ2v) is 4.49. The summed E-state index contributed by atoms with van der Waals surface area (Å²) in [7, 11) is 3.79. The molecule has 0 bridgehead atoms. The Morgan fingerprint density at radius 2 is 1.94 bits per heavy atom. The van der Waals surface area contributed by atoms with E-state index in [0.29, 0.717) is 0 Å². The average molecular weight is 245 g/mol. The number of hydrogen-bond donors (Lipinski definition) is 1. The van der Waals surface area contributed by atoms with Gasteiger partial charge in [0, 0.05) is 19.7 Å². The predicted molar refractivity (Wildman–Crippen MR) is 72.6 cm³/mol. The third-order valence-corrected chi connectivity index (χ3v) is 3.20. The maximum atomic E-state index is 5.15. The van der Waals surface area contributed by atoms with Crippen LogP contribution in [0.1, 0.15) is 11.3 Å². The van der Waals surface area contributed by atoms with Gasteiger partial charge in [0.1, 0.15) is 12.3 Å². The second kappa shape index (κ2) is 6.26. The number of benzene rings is 1. The molecule has 0 aliphatic heterocycles. The normalized spacial score (nSPS) is 10.6. The van der Waals surface area contributed by atoms with Crippen LogP contribution in [0.2, 0.25) is 0 Å². The van der Waals surface area contributed by atoms with Crippen LogP contribution in [-0.4, -0.2) is 18.2 Å². The molecule has 0 spiro atoms. The van der Waals surface area contributed by atoms with Crippen LogP contribution in [0.3, 0.4) is 0 Å². The third-order valence-electron chi connectivity index (χ3n) is 3.20. The van der Waals surface area contributed by atoms with Gasteiger partial charge >= 0.3 is 0 Å². The number of methoxy groups -OCH3 is 1. The minimum atomic E-state index is 0.923. The van der Waals surface area contributed by atoms with Crippen LogP contribution in [0.5, 0.6) is 5.75 Å². The lowest BCUT2D eigenvalue weighted by atomic mass is 10.1. The van der Waals surface area contributed by atoms with Gasteiger partial charge in [-0.25, -0.2) is 0 Å². The van der Waals surface area contributed by atoms with E-state index >= 15 is 0 Å². The molecule has 2 N–H and O–H groups in total. The van der Waals surface area contributed by atoms with Crippen LogP contribution < -0.4 is 10.1 Å². The van der Waals surface area contributed by atoms with Gasteiger partial charge in [-0.3, -0.25) is 0 Å². The van der Waals surface area contributed by atoms with Gasteiger partial charge in [0.05, 0.1) is 19.3 Å². The number of hydrogen-bond acceptors (Lipinski definition) is 1. The summed E-state index contributed by atoms with van der Waals surface area (Å²) in [6.07, 6.45) is 3.18. The third kappa shape index (κ3) is 3.37. The molecule has 2 rings (SSSR count). The highest BCUT2D eigenvalue weighted by molar-refractivity contribution is 5.27. The molecular weight excluding hydrogens is 224 g/mol. The minimum absolute atomic E-state index is 0.923. The van der Waals surface area contributed by atoms with Crippen molar-refractivity contribution >= 4 is 0 Å². The number of rotatable bonds is 6. The van der Waals surface area contributed by atoms with Crippen molar-refractivity contribution in [2.45, 2.75) is 13.0 Å². The molecule has 0 saturated carbocycles. The lowest BCUT2D eigenvalue weighted by molar-refractivity contribution is -0.670. The summed E-state index contributed by atoms with van der Waals surface area (Å²) in [5.74, 6) is 0.923. The van der Waals surface area contributed by atoms with Crippen LogP contribution in [0.4, 0.5) is 0 Å². The van der Waals surface area contributed by atoms with E-state index in [-0.39, 0.29) is 0 Å².